The fourth-order valence-electron chi connectivity index (χ4n) is 3.42. The zero-order chi connectivity index (χ0) is 21.7. The minimum atomic E-state index is -3.46. The quantitative estimate of drug-likeness (QED) is 0.590. The molecule has 160 valence electrons. The van der Waals surface area contributed by atoms with Crippen molar-refractivity contribution in [2.45, 2.75) is 0 Å². The Balaban J connectivity index is 1.39. The molecule has 1 fully saturated rings. The van der Waals surface area contributed by atoms with Gasteiger partial charge in [0.15, 0.2) is 5.82 Å². The summed E-state index contributed by atoms with van der Waals surface area (Å²) in [5.74, 6) is 1.51. The van der Waals surface area contributed by atoms with Crippen LogP contribution in [0.3, 0.4) is 0 Å². The summed E-state index contributed by atoms with van der Waals surface area (Å²) in [5.41, 5.74) is 2.55. The van der Waals surface area contributed by atoms with Crippen molar-refractivity contribution in [3.8, 4) is 17.0 Å². The van der Waals surface area contributed by atoms with Crippen LogP contribution >= 0.6 is 0 Å². The highest BCUT2D eigenvalue weighted by atomic mass is 32.2. The van der Waals surface area contributed by atoms with Crippen LogP contribution in [0, 0.1) is 0 Å². The molecule has 1 aliphatic heterocycles. The molecule has 3 aromatic rings. The molecule has 1 aromatic heterocycles. The number of ether oxygens (including phenoxy) is 1. The van der Waals surface area contributed by atoms with Crippen molar-refractivity contribution >= 4 is 21.9 Å². The second kappa shape index (κ2) is 9.28. The molecular formula is C23H24N4O3S. The van der Waals surface area contributed by atoms with Crippen molar-refractivity contribution in [1.82, 2.24) is 14.5 Å². The molecule has 2 aromatic carbocycles. The fraction of sp³-hybridized carbons (Fsp3) is 0.217. The van der Waals surface area contributed by atoms with Crippen LogP contribution in [-0.2, 0) is 10.0 Å². The molecule has 0 saturated carbocycles. The van der Waals surface area contributed by atoms with Gasteiger partial charge in [-0.1, -0.05) is 42.5 Å². The third kappa shape index (κ3) is 5.10. The fourth-order valence-corrected chi connectivity index (χ4v) is 4.59. The Bertz CT molecular complexity index is 1140. The maximum atomic E-state index is 12.6. The number of hydrogen-bond donors (Lipinski definition) is 0. The largest absolute Gasteiger partial charge is 0.497 e. The Hall–Kier alpha value is -3.23. The zero-order valence-electron chi connectivity index (χ0n) is 17.3. The van der Waals surface area contributed by atoms with Crippen LogP contribution in [0.4, 0.5) is 5.82 Å². The van der Waals surface area contributed by atoms with Gasteiger partial charge in [0, 0.05) is 37.2 Å². The lowest BCUT2D eigenvalue weighted by Gasteiger charge is -2.33. The molecule has 8 heteroatoms. The van der Waals surface area contributed by atoms with Crippen LogP contribution in [0.25, 0.3) is 17.3 Å². The predicted molar refractivity (Wildman–Crippen MR) is 122 cm³/mol. The summed E-state index contributed by atoms with van der Waals surface area (Å²) >= 11 is 0. The minimum Gasteiger partial charge on any atom is -0.497 e. The van der Waals surface area contributed by atoms with Crippen LogP contribution in [-0.4, -0.2) is 56.2 Å². The Morgan fingerprint density at radius 3 is 2.35 bits per heavy atom. The molecule has 1 aliphatic rings. The molecule has 0 aliphatic carbocycles. The Labute approximate surface area is 182 Å². The summed E-state index contributed by atoms with van der Waals surface area (Å²) < 4.78 is 32.0. The number of rotatable bonds is 6. The van der Waals surface area contributed by atoms with Gasteiger partial charge >= 0.3 is 0 Å². The van der Waals surface area contributed by atoms with Gasteiger partial charge in [-0.3, -0.25) is 0 Å². The lowest BCUT2D eigenvalue weighted by atomic mass is 10.1. The molecule has 7 nitrogen and oxygen atoms in total. The van der Waals surface area contributed by atoms with Gasteiger partial charge in [0.05, 0.1) is 12.8 Å². The van der Waals surface area contributed by atoms with Crippen LogP contribution in [0.5, 0.6) is 5.75 Å². The van der Waals surface area contributed by atoms with Crippen LogP contribution in [0.2, 0.25) is 0 Å². The summed E-state index contributed by atoms with van der Waals surface area (Å²) in [7, 11) is -1.83. The van der Waals surface area contributed by atoms with E-state index in [4.69, 9.17) is 4.74 Å². The molecular weight excluding hydrogens is 412 g/mol. The molecule has 2 heterocycles. The van der Waals surface area contributed by atoms with Gasteiger partial charge in [-0.25, -0.2) is 8.42 Å². The van der Waals surface area contributed by atoms with Crippen LogP contribution < -0.4 is 9.64 Å². The maximum Gasteiger partial charge on any atom is 0.236 e. The Kier molecular flexibility index (Phi) is 6.29. The first-order valence-electron chi connectivity index (χ1n) is 10.0. The lowest BCUT2D eigenvalue weighted by Crippen LogP contribution is -2.48. The molecule has 0 spiro atoms. The van der Waals surface area contributed by atoms with Gasteiger partial charge in [-0.15, -0.1) is 10.2 Å². The molecule has 0 atom stereocenters. The first kappa shape index (κ1) is 21.0. The molecule has 0 amide bonds. The molecule has 0 bridgehead atoms. The monoisotopic (exact) mass is 436 g/mol. The number of benzene rings is 2. The summed E-state index contributed by atoms with van der Waals surface area (Å²) in [6, 6.07) is 20.9. The number of piperazine rings is 1. The van der Waals surface area contributed by atoms with Gasteiger partial charge in [0.1, 0.15) is 5.75 Å². The summed E-state index contributed by atoms with van der Waals surface area (Å²) in [5, 5.41) is 9.97. The van der Waals surface area contributed by atoms with Crippen LogP contribution in [0.1, 0.15) is 5.56 Å². The molecule has 4 rings (SSSR count). The SMILES string of the molecule is COc1cccc(-c2ccc(N3CCN(S(=O)(=O)/C=C\c4ccccc4)CC3)nn2)c1. The van der Waals surface area contributed by atoms with Crippen molar-refractivity contribution in [1.29, 1.82) is 0 Å². The van der Waals surface area contributed by atoms with E-state index in [1.807, 2.05) is 66.7 Å². The second-order valence-electron chi connectivity index (χ2n) is 7.15. The molecule has 31 heavy (non-hydrogen) atoms. The van der Waals surface area contributed by atoms with E-state index in [2.05, 4.69) is 15.1 Å². The number of nitrogens with zero attached hydrogens (tertiary/aromatic N) is 4. The average molecular weight is 437 g/mol. The molecule has 0 radical (unpaired) electrons. The van der Waals surface area contributed by atoms with E-state index in [-0.39, 0.29) is 0 Å². The van der Waals surface area contributed by atoms with E-state index in [0.717, 1.165) is 28.4 Å². The lowest BCUT2D eigenvalue weighted by molar-refractivity contribution is 0.388. The normalized spacial score (nSPS) is 15.3. The topological polar surface area (TPSA) is 75.6 Å². The first-order valence-corrected chi connectivity index (χ1v) is 11.5. The van der Waals surface area contributed by atoms with Crippen molar-refractivity contribution in [2.75, 3.05) is 38.2 Å². The van der Waals surface area contributed by atoms with Gasteiger partial charge in [0.2, 0.25) is 10.0 Å². The summed E-state index contributed by atoms with van der Waals surface area (Å²) in [6.07, 6.45) is 1.63. The number of aromatic nitrogens is 2. The summed E-state index contributed by atoms with van der Waals surface area (Å²) in [6.45, 7) is 1.93. The van der Waals surface area contributed by atoms with Gasteiger partial charge in [-0.2, -0.15) is 4.31 Å². The highest BCUT2D eigenvalue weighted by Crippen LogP contribution is 2.23. The van der Waals surface area contributed by atoms with Crippen molar-refractivity contribution < 1.29 is 13.2 Å². The zero-order valence-corrected chi connectivity index (χ0v) is 18.1. The molecule has 0 unspecified atom stereocenters. The molecule has 1 saturated heterocycles. The van der Waals surface area contributed by atoms with E-state index in [0.29, 0.717) is 26.2 Å². The maximum absolute atomic E-state index is 12.6. The van der Waals surface area contributed by atoms with E-state index in [1.165, 1.54) is 9.71 Å². The highest BCUT2D eigenvalue weighted by Gasteiger charge is 2.25. The van der Waals surface area contributed by atoms with E-state index < -0.39 is 10.0 Å². The first-order chi connectivity index (χ1) is 15.0. The van der Waals surface area contributed by atoms with Crippen molar-refractivity contribution in [2.24, 2.45) is 0 Å². The third-order valence-electron chi connectivity index (χ3n) is 5.17. The average Bonchev–Trinajstić information content (AvgIpc) is 2.84. The van der Waals surface area contributed by atoms with E-state index >= 15 is 0 Å². The Morgan fingerprint density at radius 1 is 0.903 bits per heavy atom. The van der Waals surface area contributed by atoms with Crippen molar-refractivity contribution in [3.05, 3.63) is 77.7 Å². The highest BCUT2D eigenvalue weighted by molar-refractivity contribution is 7.92. The van der Waals surface area contributed by atoms with Gasteiger partial charge < -0.3 is 9.64 Å². The molecule has 0 N–H and O–H groups in total. The standard InChI is InChI=1S/C23H24N4O3S/c1-30-21-9-5-8-20(18-21)22-10-11-23(25-24-22)26-13-15-27(16-14-26)31(28,29)17-12-19-6-3-2-4-7-19/h2-12,17-18H,13-16H2,1H3/b17-12-. The summed E-state index contributed by atoms with van der Waals surface area (Å²) in [4.78, 5) is 2.05. The Morgan fingerprint density at radius 2 is 1.68 bits per heavy atom. The van der Waals surface area contributed by atoms with Crippen molar-refractivity contribution in [3.63, 3.8) is 0 Å². The number of hydrogen-bond acceptors (Lipinski definition) is 6. The smallest absolute Gasteiger partial charge is 0.236 e. The van der Waals surface area contributed by atoms with E-state index in [1.54, 1.807) is 13.2 Å². The second-order valence-corrected chi connectivity index (χ2v) is 8.97. The van der Waals surface area contributed by atoms with Gasteiger partial charge in [-0.05, 0) is 35.9 Å². The van der Waals surface area contributed by atoms with Gasteiger partial charge in [0.25, 0.3) is 0 Å². The minimum absolute atomic E-state index is 0.404. The van der Waals surface area contributed by atoms with E-state index in [9.17, 15) is 8.42 Å². The number of anilines is 1. The van der Waals surface area contributed by atoms with Crippen LogP contribution in [0.15, 0.2) is 72.1 Å². The predicted octanol–water partition coefficient (Wildman–Crippen LogP) is 3.27. The number of sulfonamides is 1. The number of methoxy groups -OCH3 is 1. The third-order valence-corrected chi connectivity index (χ3v) is 6.74.